The molecular formula is C19H18ClFN6O. The molecule has 1 amide bonds. The number of hydrogen-bond donors (Lipinski definition) is 0. The van der Waals surface area contributed by atoms with E-state index in [0.717, 1.165) is 0 Å². The van der Waals surface area contributed by atoms with Gasteiger partial charge in [-0.3, -0.25) is 9.69 Å². The molecule has 0 bridgehead atoms. The van der Waals surface area contributed by atoms with E-state index in [-0.39, 0.29) is 11.7 Å². The number of carbonyl (C=O) groups is 1. The van der Waals surface area contributed by atoms with Gasteiger partial charge in [-0.05, 0) is 46.8 Å². The number of hydrogen-bond acceptors (Lipinski definition) is 5. The van der Waals surface area contributed by atoms with Crippen molar-refractivity contribution in [1.82, 2.24) is 30.0 Å². The van der Waals surface area contributed by atoms with Gasteiger partial charge in [0.2, 0.25) is 0 Å². The summed E-state index contributed by atoms with van der Waals surface area (Å²) in [5, 5.41) is 12.3. The smallest absolute Gasteiger partial charge is 0.255 e. The number of tetrazole rings is 1. The highest BCUT2D eigenvalue weighted by molar-refractivity contribution is 6.33. The summed E-state index contributed by atoms with van der Waals surface area (Å²) in [5.74, 6) is 0.302. The summed E-state index contributed by atoms with van der Waals surface area (Å²) >= 11 is 6.14. The molecule has 0 spiro atoms. The van der Waals surface area contributed by atoms with Crippen LogP contribution in [0.25, 0.3) is 5.69 Å². The Hall–Kier alpha value is -2.84. The van der Waals surface area contributed by atoms with E-state index in [1.165, 1.54) is 12.1 Å². The Kier molecular flexibility index (Phi) is 5.31. The number of piperazine rings is 1. The van der Waals surface area contributed by atoms with Crippen LogP contribution in [0.5, 0.6) is 0 Å². The van der Waals surface area contributed by atoms with Crippen LogP contribution < -0.4 is 0 Å². The van der Waals surface area contributed by atoms with Crippen LogP contribution in [-0.2, 0) is 6.54 Å². The van der Waals surface area contributed by atoms with E-state index in [9.17, 15) is 9.18 Å². The highest BCUT2D eigenvalue weighted by atomic mass is 35.5. The van der Waals surface area contributed by atoms with Gasteiger partial charge < -0.3 is 4.90 Å². The van der Waals surface area contributed by atoms with Crippen molar-refractivity contribution in [3.8, 4) is 5.69 Å². The Morgan fingerprint density at radius 3 is 2.46 bits per heavy atom. The van der Waals surface area contributed by atoms with Crippen molar-refractivity contribution in [3.63, 3.8) is 0 Å². The first-order chi connectivity index (χ1) is 13.6. The molecule has 2 heterocycles. The summed E-state index contributed by atoms with van der Waals surface area (Å²) in [6.07, 6.45) is 0. The lowest BCUT2D eigenvalue weighted by molar-refractivity contribution is 0.0624. The summed E-state index contributed by atoms with van der Waals surface area (Å²) in [5.41, 5.74) is 1.23. The fourth-order valence-corrected chi connectivity index (χ4v) is 3.42. The van der Waals surface area contributed by atoms with Crippen LogP contribution in [-0.4, -0.2) is 62.1 Å². The van der Waals surface area contributed by atoms with Gasteiger partial charge >= 0.3 is 0 Å². The molecule has 0 saturated carbocycles. The molecule has 0 unspecified atom stereocenters. The van der Waals surface area contributed by atoms with Crippen molar-refractivity contribution in [3.05, 3.63) is 70.8 Å². The van der Waals surface area contributed by atoms with Gasteiger partial charge in [-0.25, -0.2) is 4.39 Å². The fourth-order valence-electron chi connectivity index (χ4n) is 3.20. The zero-order valence-corrected chi connectivity index (χ0v) is 15.8. The molecule has 0 atom stereocenters. The maximum atomic E-state index is 13.1. The van der Waals surface area contributed by atoms with E-state index in [0.29, 0.717) is 54.8 Å². The van der Waals surface area contributed by atoms with E-state index in [1.807, 2.05) is 12.1 Å². The highest BCUT2D eigenvalue weighted by Gasteiger charge is 2.24. The predicted molar refractivity (Wildman–Crippen MR) is 102 cm³/mol. The van der Waals surface area contributed by atoms with Gasteiger partial charge in [-0.1, -0.05) is 23.7 Å². The minimum absolute atomic E-state index is 0.0543. The minimum Gasteiger partial charge on any atom is -0.336 e. The fraction of sp³-hybridized carbons (Fsp3) is 0.263. The third-order valence-electron chi connectivity index (χ3n) is 4.73. The molecule has 144 valence electrons. The van der Waals surface area contributed by atoms with E-state index in [2.05, 4.69) is 20.4 Å². The first-order valence-corrected chi connectivity index (χ1v) is 9.29. The van der Waals surface area contributed by atoms with Crippen LogP contribution in [0.4, 0.5) is 4.39 Å². The standard InChI is InChI=1S/C19H18ClFN6O/c20-17-4-2-1-3-16(17)19(28)26-11-9-25(10-12-26)13-18-22-23-24-27(18)15-7-5-14(21)6-8-15/h1-8H,9-13H2. The summed E-state index contributed by atoms with van der Waals surface area (Å²) in [7, 11) is 0. The Morgan fingerprint density at radius 2 is 1.75 bits per heavy atom. The van der Waals surface area contributed by atoms with Crippen LogP contribution >= 0.6 is 11.6 Å². The van der Waals surface area contributed by atoms with Crippen molar-refractivity contribution in [1.29, 1.82) is 0 Å². The third-order valence-corrected chi connectivity index (χ3v) is 5.06. The molecule has 0 aliphatic carbocycles. The number of rotatable bonds is 4. The largest absolute Gasteiger partial charge is 0.336 e. The Morgan fingerprint density at radius 1 is 1.04 bits per heavy atom. The van der Waals surface area contributed by atoms with Crippen molar-refractivity contribution >= 4 is 17.5 Å². The average Bonchev–Trinajstić information content (AvgIpc) is 3.17. The van der Waals surface area contributed by atoms with E-state index in [4.69, 9.17) is 11.6 Å². The monoisotopic (exact) mass is 400 g/mol. The molecule has 1 fully saturated rings. The average molecular weight is 401 g/mol. The second-order valence-corrected chi connectivity index (χ2v) is 6.94. The first-order valence-electron chi connectivity index (χ1n) is 8.91. The first kappa shape index (κ1) is 18.5. The minimum atomic E-state index is -0.308. The Bertz CT molecular complexity index is 969. The molecule has 7 nitrogen and oxygen atoms in total. The molecule has 4 rings (SSSR count). The number of benzene rings is 2. The molecule has 9 heteroatoms. The number of halogens is 2. The van der Waals surface area contributed by atoms with Gasteiger partial charge in [0.15, 0.2) is 5.82 Å². The molecule has 1 saturated heterocycles. The normalized spacial score (nSPS) is 15.0. The van der Waals surface area contributed by atoms with Crippen LogP contribution in [0, 0.1) is 5.82 Å². The van der Waals surface area contributed by atoms with Gasteiger partial charge in [-0.15, -0.1) is 5.10 Å². The summed E-state index contributed by atoms with van der Waals surface area (Å²) < 4.78 is 14.7. The zero-order chi connectivity index (χ0) is 19.5. The maximum absolute atomic E-state index is 13.1. The summed E-state index contributed by atoms with van der Waals surface area (Å²) in [6.45, 7) is 3.14. The van der Waals surface area contributed by atoms with E-state index < -0.39 is 0 Å². The summed E-state index contributed by atoms with van der Waals surface area (Å²) in [6, 6.07) is 13.1. The molecule has 0 radical (unpaired) electrons. The second-order valence-electron chi connectivity index (χ2n) is 6.53. The third kappa shape index (κ3) is 3.88. The highest BCUT2D eigenvalue weighted by Crippen LogP contribution is 2.18. The van der Waals surface area contributed by atoms with Crippen molar-refractivity contribution in [2.45, 2.75) is 6.54 Å². The molecular weight excluding hydrogens is 383 g/mol. The molecule has 0 N–H and O–H groups in total. The number of nitrogens with zero attached hydrogens (tertiary/aromatic N) is 6. The van der Waals surface area contributed by atoms with E-state index >= 15 is 0 Å². The van der Waals surface area contributed by atoms with Gasteiger partial charge in [-0.2, -0.15) is 4.68 Å². The number of carbonyl (C=O) groups excluding carboxylic acids is 1. The lowest BCUT2D eigenvalue weighted by atomic mass is 10.2. The van der Waals surface area contributed by atoms with Gasteiger partial charge in [0.25, 0.3) is 5.91 Å². The van der Waals surface area contributed by atoms with Gasteiger partial charge in [0.05, 0.1) is 22.8 Å². The molecule has 28 heavy (non-hydrogen) atoms. The van der Waals surface area contributed by atoms with Crippen LogP contribution in [0.2, 0.25) is 5.02 Å². The number of amides is 1. The van der Waals surface area contributed by atoms with E-state index in [1.54, 1.807) is 33.8 Å². The van der Waals surface area contributed by atoms with Gasteiger partial charge in [0.1, 0.15) is 5.82 Å². The lowest BCUT2D eigenvalue weighted by Gasteiger charge is -2.34. The molecule has 2 aromatic carbocycles. The van der Waals surface area contributed by atoms with Gasteiger partial charge in [0, 0.05) is 26.2 Å². The molecule has 1 aromatic heterocycles. The summed E-state index contributed by atoms with van der Waals surface area (Å²) in [4.78, 5) is 16.7. The predicted octanol–water partition coefficient (Wildman–Crippen LogP) is 2.41. The SMILES string of the molecule is O=C(c1ccccc1Cl)N1CCN(Cc2nnnn2-c2ccc(F)cc2)CC1. The van der Waals surface area contributed by atoms with Crippen molar-refractivity contribution in [2.24, 2.45) is 0 Å². The van der Waals surface area contributed by atoms with Crippen molar-refractivity contribution < 1.29 is 9.18 Å². The zero-order valence-electron chi connectivity index (χ0n) is 15.0. The second kappa shape index (κ2) is 8.04. The van der Waals surface area contributed by atoms with Crippen LogP contribution in [0.15, 0.2) is 48.5 Å². The maximum Gasteiger partial charge on any atom is 0.255 e. The Labute approximate surface area is 166 Å². The molecule has 1 aliphatic heterocycles. The topological polar surface area (TPSA) is 67.2 Å². The quantitative estimate of drug-likeness (QED) is 0.672. The Balaban J connectivity index is 1.39. The molecule has 3 aromatic rings. The van der Waals surface area contributed by atoms with Crippen LogP contribution in [0.1, 0.15) is 16.2 Å². The molecule has 1 aliphatic rings. The number of aromatic nitrogens is 4. The van der Waals surface area contributed by atoms with Crippen molar-refractivity contribution in [2.75, 3.05) is 26.2 Å². The lowest BCUT2D eigenvalue weighted by Crippen LogP contribution is -2.48. The van der Waals surface area contributed by atoms with Crippen LogP contribution in [0.3, 0.4) is 0 Å².